The summed E-state index contributed by atoms with van der Waals surface area (Å²) in [4.78, 5) is 24.2. The van der Waals surface area contributed by atoms with Crippen LogP contribution in [-0.4, -0.2) is 15.7 Å². The van der Waals surface area contributed by atoms with Crippen LogP contribution in [0.5, 0.6) is 0 Å². The van der Waals surface area contributed by atoms with E-state index in [2.05, 4.69) is 31.2 Å². The first-order chi connectivity index (χ1) is 11.8. The highest BCUT2D eigenvalue weighted by Crippen LogP contribution is 2.29. The Morgan fingerprint density at radius 2 is 1.96 bits per heavy atom. The molecule has 7 nitrogen and oxygen atoms in total. The molecule has 0 atom stereocenters. The average Bonchev–Trinajstić information content (AvgIpc) is 3.17. The highest BCUT2D eigenvalue weighted by atomic mass is 16.4. The lowest BCUT2D eigenvalue weighted by molar-refractivity contribution is -0.117. The molecule has 0 saturated heterocycles. The topological polar surface area (TPSA) is 90.3 Å². The summed E-state index contributed by atoms with van der Waals surface area (Å²) in [5.74, 6) is -0.712. The van der Waals surface area contributed by atoms with Gasteiger partial charge in [-0.25, -0.2) is 4.79 Å². The first-order valence-electron chi connectivity index (χ1n) is 7.86. The minimum Gasteiger partial charge on any atom is -0.459 e. The van der Waals surface area contributed by atoms with E-state index < -0.39 is 5.76 Å². The molecular weight excluding hydrogens is 322 g/mol. The fraction of sp³-hybridized carbons (Fsp3) is 0.278. The zero-order valence-corrected chi connectivity index (χ0v) is 14.3. The molecule has 3 aromatic rings. The summed E-state index contributed by atoms with van der Waals surface area (Å²) in [6, 6.07) is 10.8. The van der Waals surface area contributed by atoms with Gasteiger partial charge >= 0.3 is 5.76 Å². The number of rotatable bonds is 4. The molecule has 0 aliphatic heterocycles. The summed E-state index contributed by atoms with van der Waals surface area (Å²) in [7, 11) is 0. The first kappa shape index (κ1) is 16.8. The zero-order chi connectivity index (χ0) is 18.0. The van der Waals surface area contributed by atoms with E-state index in [1.165, 1.54) is 6.26 Å². The van der Waals surface area contributed by atoms with Crippen molar-refractivity contribution in [1.29, 1.82) is 0 Å². The predicted molar refractivity (Wildman–Crippen MR) is 92.2 cm³/mol. The largest absolute Gasteiger partial charge is 0.459 e. The smallest absolute Gasteiger partial charge is 0.437 e. The standard InChI is InChI=1S/C18H19N3O4/c1-18(2,3)12-7-4-5-8-13(12)19-15(22)11-21-17(23)25-16(20-21)14-9-6-10-24-14/h4-10H,11H2,1-3H3,(H,19,22). The number of furan rings is 1. The first-order valence-corrected chi connectivity index (χ1v) is 7.86. The maximum absolute atomic E-state index is 12.3. The molecule has 1 N–H and O–H groups in total. The van der Waals surface area contributed by atoms with Crippen LogP contribution in [0, 0.1) is 0 Å². The molecule has 3 rings (SSSR count). The predicted octanol–water partition coefficient (Wildman–Crippen LogP) is 3.03. The van der Waals surface area contributed by atoms with Crippen molar-refractivity contribution in [2.24, 2.45) is 0 Å². The second-order valence-electron chi connectivity index (χ2n) is 6.65. The average molecular weight is 341 g/mol. The van der Waals surface area contributed by atoms with Crippen LogP contribution in [0.25, 0.3) is 11.7 Å². The molecule has 2 heterocycles. The molecule has 0 fully saturated rings. The van der Waals surface area contributed by atoms with Gasteiger partial charge in [0.15, 0.2) is 5.76 Å². The minimum absolute atomic E-state index is 0.0397. The van der Waals surface area contributed by atoms with Gasteiger partial charge in [0, 0.05) is 5.69 Å². The van der Waals surface area contributed by atoms with Gasteiger partial charge in [-0.05, 0) is 29.2 Å². The van der Waals surface area contributed by atoms with Gasteiger partial charge in [-0.1, -0.05) is 39.0 Å². The summed E-state index contributed by atoms with van der Waals surface area (Å²) >= 11 is 0. The van der Waals surface area contributed by atoms with E-state index in [4.69, 9.17) is 8.83 Å². The van der Waals surface area contributed by atoms with E-state index in [0.717, 1.165) is 10.2 Å². The van der Waals surface area contributed by atoms with E-state index in [0.29, 0.717) is 11.4 Å². The third-order valence-corrected chi connectivity index (χ3v) is 3.64. The van der Waals surface area contributed by atoms with Crippen LogP contribution in [0.2, 0.25) is 0 Å². The van der Waals surface area contributed by atoms with Crippen LogP contribution in [0.1, 0.15) is 26.3 Å². The van der Waals surface area contributed by atoms with E-state index in [1.807, 2.05) is 24.3 Å². The minimum atomic E-state index is -0.717. The second kappa shape index (κ2) is 6.43. The lowest BCUT2D eigenvalue weighted by Gasteiger charge is -2.22. The highest BCUT2D eigenvalue weighted by molar-refractivity contribution is 5.91. The van der Waals surface area contributed by atoms with Crippen LogP contribution in [0.3, 0.4) is 0 Å². The Kier molecular flexibility index (Phi) is 4.31. The summed E-state index contributed by atoms with van der Waals surface area (Å²) < 4.78 is 11.1. The Hall–Kier alpha value is -3.09. The maximum atomic E-state index is 12.3. The third-order valence-electron chi connectivity index (χ3n) is 3.64. The number of amides is 1. The highest BCUT2D eigenvalue weighted by Gasteiger charge is 2.20. The van der Waals surface area contributed by atoms with Crippen LogP contribution < -0.4 is 11.1 Å². The van der Waals surface area contributed by atoms with Gasteiger partial charge in [-0.15, -0.1) is 5.10 Å². The van der Waals surface area contributed by atoms with E-state index in [1.54, 1.807) is 12.1 Å². The number of nitrogens with one attached hydrogen (secondary N) is 1. The summed E-state index contributed by atoms with van der Waals surface area (Å²) in [5.41, 5.74) is 1.59. The Morgan fingerprint density at radius 1 is 1.20 bits per heavy atom. The molecule has 0 aliphatic rings. The number of nitrogens with zero attached hydrogens (tertiary/aromatic N) is 2. The number of benzene rings is 1. The monoisotopic (exact) mass is 341 g/mol. The Labute approximate surface area is 144 Å². The van der Waals surface area contributed by atoms with Crippen molar-refractivity contribution in [3.8, 4) is 11.7 Å². The van der Waals surface area contributed by atoms with Crippen molar-refractivity contribution in [1.82, 2.24) is 9.78 Å². The molecule has 0 bridgehead atoms. The van der Waals surface area contributed by atoms with Crippen LogP contribution in [0.4, 0.5) is 5.69 Å². The third kappa shape index (κ3) is 3.71. The fourth-order valence-electron chi connectivity index (χ4n) is 2.48. The quantitative estimate of drug-likeness (QED) is 0.788. The maximum Gasteiger partial charge on any atom is 0.437 e. The van der Waals surface area contributed by atoms with Crippen molar-refractivity contribution in [2.75, 3.05) is 5.32 Å². The van der Waals surface area contributed by atoms with Gasteiger partial charge in [0.2, 0.25) is 5.91 Å². The molecule has 1 amide bonds. The molecule has 7 heteroatoms. The van der Waals surface area contributed by atoms with Crippen LogP contribution in [-0.2, 0) is 16.8 Å². The van der Waals surface area contributed by atoms with Gasteiger partial charge in [0.05, 0.1) is 6.26 Å². The number of para-hydroxylation sites is 1. The van der Waals surface area contributed by atoms with Gasteiger partial charge < -0.3 is 14.2 Å². The fourth-order valence-corrected chi connectivity index (χ4v) is 2.48. The molecule has 25 heavy (non-hydrogen) atoms. The lowest BCUT2D eigenvalue weighted by Crippen LogP contribution is -2.27. The molecule has 0 saturated carbocycles. The van der Waals surface area contributed by atoms with E-state index in [9.17, 15) is 9.59 Å². The number of hydrogen-bond acceptors (Lipinski definition) is 5. The molecule has 0 radical (unpaired) electrons. The van der Waals surface area contributed by atoms with Crippen LogP contribution in [0.15, 0.2) is 56.3 Å². The summed E-state index contributed by atoms with van der Waals surface area (Å²) in [6.45, 7) is 5.95. The van der Waals surface area contributed by atoms with Crippen molar-refractivity contribution in [2.45, 2.75) is 32.7 Å². The van der Waals surface area contributed by atoms with Gasteiger partial charge in [-0.2, -0.15) is 4.68 Å². The number of anilines is 1. The van der Waals surface area contributed by atoms with Crippen molar-refractivity contribution in [3.63, 3.8) is 0 Å². The SMILES string of the molecule is CC(C)(C)c1ccccc1NC(=O)Cn1nc(-c2ccco2)oc1=O. The Morgan fingerprint density at radius 3 is 2.64 bits per heavy atom. The molecule has 0 aliphatic carbocycles. The molecule has 130 valence electrons. The molecule has 1 aromatic carbocycles. The van der Waals surface area contributed by atoms with Crippen LogP contribution >= 0.6 is 0 Å². The number of carbonyl (C=O) groups excluding carboxylic acids is 1. The number of carbonyl (C=O) groups is 1. The Bertz CT molecular complexity index is 930. The van der Waals surface area contributed by atoms with Crippen molar-refractivity contribution in [3.05, 3.63) is 58.8 Å². The summed E-state index contributed by atoms with van der Waals surface area (Å²) in [6.07, 6.45) is 1.45. The second-order valence-corrected chi connectivity index (χ2v) is 6.65. The van der Waals surface area contributed by atoms with Crippen molar-refractivity contribution < 1.29 is 13.6 Å². The van der Waals surface area contributed by atoms with Crippen molar-refractivity contribution >= 4 is 11.6 Å². The van der Waals surface area contributed by atoms with Gasteiger partial charge in [-0.3, -0.25) is 4.79 Å². The molecule has 0 spiro atoms. The van der Waals surface area contributed by atoms with Gasteiger partial charge in [0.25, 0.3) is 5.89 Å². The molecular formula is C18H19N3O4. The molecule has 0 unspecified atom stereocenters. The lowest BCUT2D eigenvalue weighted by atomic mass is 9.86. The van der Waals surface area contributed by atoms with E-state index >= 15 is 0 Å². The van der Waals surface area contributed by atoms with E-state index in [-0.39, 0.29) is 23.8 Å². The number of aromatic nitrogens is 2. The number of hydrogen-bond donors (Lipinski definition) is 1. The normalized spacial score (nSPS) is 11.5. The summed E-state index contributed by atoms with van der Waals surface area (Å²) in [5, 5.41) is 6.82. The van der Waals surface area contributed by atoms with Gasteiger partial charge in [0.1, 0.15) is 6.54 Å². The Balaban J connectivity index is 1.77. The zero-order valence-electron chi connectivity index (χ0n) is 14.3. The molecule has 2 aromatic heterocycles.